The molecule has 1 aromatic heterocycles. The van der Waals surface area contributed by atoms with Gasteiger partial charge in [0, 0.05) is 13.2 Å². The van der Waals surface area contributed by atoms with Crippen LogP contribution in [-0.2, 0) is 6.54 Å². The largest absolute Gasteiger partial charge is 0.444 e. The molecule has 15 heavy (non-hydrogen) atoms. The summed E-state index contributed by atoms with van der Waals surface area (Å²) < 4.78 is 5.53. The van der Waals surface area contributed by atoms with Crippen molar-refractivity contribution in [3.05, 3.63) is 17.3 Å². The predicted molar refractivity (Wildman–Crippen MR) is 56.4 cm³/mol. The number of aliphatic hydroxyl groups excluding tert-OH is 1. The molecule has 0 radical (unpaired) electrons. The van der Waals surface area contributed by atoms with Gasteiger partial charge in [0.15, 0.2) is 0 Å². The number of nitrogens with zero attached hydrogens (tertiary/aromatic N) is 2. The minimum Gasteiger partial charge on any atom is -0.444 e. The Morgan fingerprint density at radius 1 is 1.53 bits per heavy atom. The van der Waals surface area contributed by atoms with Crippen molar-refractivity contribution in [2.24, 2.45) is 5.92 Å². The molecular weight excluding hydrogens is 192 g/mol. The Morgan fingerprint density at radius 2 is 2.33 bits per heavy atom. The van der Waals surface area contributed by atoms with E-state index in [-0.39, 0.29) is 0 Å². The Labute approximate surface area is 89.9 Å². The lowest BCUT2D eigenvalue weighted by molar-refractivity contribution is 0.214. The van der Waals surface area contributed by atoms with Crippen molar-refractivity contribution in [2.75, 3.05) is 19.7 Å². The minimum absolute atomic E-state index is 0.292. The van der Waals surface area contributed by atoms with Gasteiger partial charge in [-0.15, -0.1) is 0 Å². The van der Waals surface area contributed by atoms with Crippen molar-refractivity contribution in [1.29, 1.82) is 0 Å². The molecule has 2 rings (SSSR count). The molecule has 0 amide bonds. The van der Waals surface area contributed by atoms with Gasteiger partial charge in [-0.2, -0.15) is 0 Å². The summed E-state index contributed by atoms with van der Waals surface area (Å²) in [7, 11) is 0. The van der Waals surface area contributed by atoms with Gasteiger partial charge in [0.05, 0.1) is 12.2 Å². The molecular formula is C11H18N2O2. The molecule has 4 nitrogen and oxygen atoms in total. The number of aliphatic hydroxyl groups is 1. The molecule has 0 aliphatic carbocycles. The second-order valence-corrected chi connectivity index (χ2v) is 4.32. The van der Waals surface area contributed by atoms with E-state index in [1.807, 2.05) is 13.8 Å². The standard InChI is InChI=1S/C11H18N2O2/c1-8-9(2)15-11(12-8)6-13-4-3-10(5-13)7-14/h10,14H,3-7H2,1-2H3. The van der Waals surface area contributed by atoms with Crippen LogP contribution in [0.1, 0.15) is 23.8 Å². The van der Waals surface area contributed by atoms with Crippen molar-refractivity contribution < 1.29 is 9.52 Å². The number of hydrogen-bond acceptors (Lipinski definition) is 4. The lowest BCUT2D eigenvalue weighted by atomic mass is 10.1. The second-order valence-electron chi connectivity index (χ2n) is 4.32. The van der Waals surface area contributed by atoms with Crippen LogP contribution >= 0.6 is 0 Å². The highest BCUT2D eigenvalue weighted by Crippen LogP contribution is 2.18. The average molecular weight is 210 g/mol. The normalized spacial score (nSPS) is 22.5. The molecule has 84 valence electrons. The quantitative estimate of drug-likeness (QED) is 0.811. The smallest absolute Gasteiger partial charge is 0.208 e. The molecule has 1 aliphatic rings. The molecule has 1 aliphatic heterocycles. The Hall–Kier alpha value is -0.870. The summed E-state index contributed by atoms with van der Waals surface area (Å²) in [6.45, 7) is 6.95. The van der Waals surface area contributed by atoms with Gasteiger partial charge in [0.2, 0.25) is 5.89 Å². The van der Waals surface area contributed by atoms with Crippen molar-refractivity contribution in [1.82, 2.24) is 9.88 Å². The summed E-state index contributed by atoms with van der Waals surface area (Å²) in [5.74, 6) is 2.13. The van der Waals surface area contributed by atoms with Gasteiger partial charge in [-0.05, 0) is 32.7 Å². The van der Waals surface area contributed by atoms with Crippen molar-refractivity contribution in [3.8, 4) is 0 Å². The van der Waals surface area contributed by atoms with E-state index < -0.39 is 0 Å². The molecule has 0 spiro atoms. The first-order valence-electron chi connectivity index (χ1n) is 5.45. The number of rotatable bonds is 3. The molecule has 1 fully saturated rings. The zero-order chi connectivity index (χ0) is 10.8. The lowest BCUT2D eigenvalue weighted by Gasteiger charge is -2.12. The lowest BCUT2D eigenvalue weighted by Crippen LogP contribution is -2.21. The average Bonchev–Trinajstić information content (AvgIpc) is 2.76. The Kier molecular flexibility index (Phi) is 3.07. The Balaban J connectivity index is 1.92. The third kappa shape index (κ3) is 2.38. The van der Waals surface area contributed by atoms with Crippen LogP contribution in [0, 0.1) is 19.8 Å². The van der Waals surface area contributed by atoms with Gasteiger partial charge in [-0.1, -0.05) is 0 Å². The Morgan fingerprint density at radius 3 is 2.87 bits per heavy atom. The zero-order valence-electron chi connectivity index (χ0n) is 9.36. The summed E-state index contributed by atoms with van der Waals surface area (Å²) in [5.41, 5.74) is 0.975. The zero-order valence-corrected chi connectivity index (χ0v) is 9.36. The maximum Gasteiger partial charge on any atom is 0.208 e. The monoisotopic (exact) mass is 210 g/mol. The van der Waals surface area contributed by atoms with Crippen molar-refractivity contribution in [2.45, 2.75) is 26.8 Å². The van der Waals surface area contributed by atoms with E-state index in [9.17, 15) is 0 Å². The van der Waals surface area contributed by atoms with Crippen LogP contribution in [0.15, 0.2) is 4.42 Å². The van der Waals surface area contributed by atoms with Gasteiger partial charge in [0.25, 0.3) is 0 Å². The maximum absolute atomic E-state index is 9.03. The third-order valence-electron chi connectivity index (χ3n) is 3.06. The van der Waals surface area contributed by atoms with Crippen LogP contribution in [0.4, 0.5) is 0 Å². The van der Waals surface area contributed by atoms with Gasteiger partial charge in [-0.25, -0.2) is 4.98 Å². The van der Waals surface area contributed by atoms with E-state index in [1.165, 1.54) is 0 Å². The fourth-order valence-corrected chi connectivity index (χ4v) is 2.00. The summed E-state index contributed by atoms with van der Waals surface area (Å²) in [5, 5.41) is 9.03. The van der Waals surface area contributed by atoms with E-state index in [2.05, 4.69) is 9.88 Å². The molecule has 1 saturated heterocycles. The van der Waals surface area contributed by atoms with Crippen molar-refractivity contribution in [3.63, 3.8) is 0 Å². The second kappa shape index (κ2) is 4.33. The van der Waals surface area contributed by atoms with Crippen LogP contribution in [-0.4, -0.2) is 34.7 Å². The molecule has 4 heteroatoms. The summed E-state index contributed by atoms with van der Waals surface area (Å²) in [4.78, 5) is 6.64. The van der Waals surface area contributed by atoms with E-state index in [0.29, 0.717) is 12.5 Å². The fourth-order valence-electron chi connectivity index (χ4n) is 2.00. The molecule has 1 atom stereocenters. The van der Waals surface area contributed by atoms with Crippen LogP contribution in [0.25, 0.3) is 0 Å². The number of likely N-dealkylation sites (tertiary alicyclic amines) is 1. The number of aryl methyl sites for hydroxylation is 2. The highest BCUT2D eigenvalue weighted by Gasteiger charge is 2.23. The summed E-state index contributed by atoms with van der Waals surface area (Å²) >= 11 is 0. The van der Waals surface area contributed by atoms with E-state index in [4.69, 9.17) is 9.52 Å². The molecule has 1 aromatic rings. The van der Waals surface area contributed by atoms with Crippen LogP contribution in [0.5, 0.6) is 0 Å². The fraction of sp³-hybridized carbons (Fsp3) is 0.727. The molecule has 1 unspecified atom stereocenters. The van der Waals surface area contributed by atoms with E-state index in [1.54, 1.807) is 0 Å². The highest BCUT2D eigenvalue weighted by atomic mass is 16.4. The SMILES string of the molecule is Cc1nc(CN2CCC(CO)C2)oc1C. The molecule has 0 saturated carbocycles. The van der Waals surface area contributed by atoms with Crippen LogP contribution < -0.4 is 0 Å². The first-order valence-corrected chi connectivity index (χ1v) is 5.45. The predicted octanol–water partition coefficient (Wildman–Crippen LogP) is 1.11. The molecule has 2 heterocycles. The van der Waals surface area contributed by atoms with E-state index >= 15 is 0 Å². The number of aromatic nitrogens is 1. The number of hydrogen-bond donors (Lipinski definition) is 1. The number of oxazole rings is 1. The summed E-state index contributed by atoms with van der Waals surface area (Å²) in [6, 6.07) is 0. The first kappa shape index (κ1) is 10.6. The minimum atomic E-state index is 0.292. The Bertz CT molecular complexity index is 316. The highest BCUT2D eigenvalue weighted by molar-refractivity contribution is 5.05. The molecule has 0 aromatic carbocycles. The first-order chi connectivity index (χ1) is 7.19. The maximum atomic E-state index is 9.03. The summed E-state index contributed by atoms with van der Waals surface area (Å²) in [6.07, 6.45) is 1.08. The van der Waals surface area contributed by atoms with Gasteiger partial charge in [-0.3, -0.25) is 4.90 Å². The van der Waals surface area contributed by atoms with Gasteiger partial charge < -0.3 is 9.52 Å². The third-order valence-corrected chi connectivity index (χ3v) is 3.06. The molecule has 0 bridgehead atoms. The van der Waals surface area contributed by atoms with Crippen molar-refractivity contribution >= 4 is 0 Å². The van der Waals surface area contributed by atoms with Crippen LogP contribution in [0.2, 0.25) is 0 Å². The molecule has 1 N–H and O–H groups in total. The van der Waals surface area contributed by atoms with Gasteiger partial charge in [0.1, 0.15) is 5.76 Å². The van der Waals surface area contributed by atoms with Gasteiger partial charge >= 0.3 is 0 Å². The topological polar surface area (TPSA) is 49.5 Å². The van der Waals surface area contributed by atoms with Crippen LogP contribution in [0.3, 0.4) is 0 Å². The van der Waals surface area contributed by atoms with E-state index in [0.717, 1.165) is 43.4 Å².